The highest BCUT2D eigenvalue weighted by Crippen LogP contribution is 2.15. The Morgan fingerprint density at radius 1 is 1.39 bits per heavy atom. The molecule has 1 aromatic rings. The number of aromatic nitrogens is 2. The minimum absolute atomic E-state index is 0.673. The minimum atomic E-state index is -0.673. The molecular weight excluding hydrogens is 224 g/mol. The van der Waals surface area contributed by atoms with Crippen molar-refractivity contribution in [3.63, 3.8) is 0 Å². The fourth-order valence-electron chi connectivity index (χ4n) is 2.02. The SMILES string of the molecule is CCc1cc(CC)n(CCCC(N)(C#N)CC)n1. The van der Waals surface area contributed by atoms with Crippen molar-refractivity contribution in [2.75, 3.05) is 0 Å². The van der Waals surface area contributed by atoms with Crippen LogP contribution < -0.4 is 5.73 Å². The predicted molar refractivity (Wildman–Crippen MR) is 73.0 cm³/mol. The van der Waals surface area contributed by atoms with Gasteiger partial charge in [0.2, 0.25) is 0 Å². The van der Waals surface area contributed by atoms with E-state index in [-0.39, 0.29) is 0 Å². The average Bonchev–Trinajstić information content (AvgIpc) is 2.81. The van der Waals surface area contributed by atoms with E-state index in [2.05, 4.69) is 35.8 Å². The number of nitriles is 1. The Balaban J connectivity index is 2.58. The molecule has 0 saturated heterocycles. The molecule has 18 heavy (non-hydrogen) atoms. The van der Waals surface area contributed by atoms with Gasteiger partial charge < -0.3 is 5.73 Å². The Hall–Kier alpha value is -1.34. The number of rotatable bonds is 7. The Morgan fingerprint density at radius 2 is 2.11 bits per heavy atom. The Kier molecular flexibility index (Phi) is 5.36. The number of nitrogens with two attached hydrogens (primary N) is 1. The van der Waals surface area contributed by atoms with E-state index in [9.17, 15) is 0 Å². The van der Waals surface area contributed by atoms with Crippen molar-refractivity contribution in [3.05, 3.63) is 17.5 Å². The van der Waals surface area contributed by atoms with Gasteiger partial charge in [-0.05, 0) is 38.2 Å². The number of hydrogen-bond donors (Lipinski definition) is 1. The summed E-state index contributed by atoms with van der Waals surface area (Å²) in [5, 5.41) is 13.6. The first kappa shape index (κ1) is 14.7. The van der Waals surface area contributed by atoms with E-state index in [0.29, 0.717) is 6.42 Å². The number of nitrogens with zero attached hydrogens (tertiary/aromatic N) is 3. The van der Waals surface area contributed by atoms with E-state index in [1.54, 1.807) is 0 Å². The zero-order valence-corrected chi connectivity index (χ0v) is 11.7. The van der Waals surface area contributed by atoms with Gasteiger partial charge >= 0.3 is 0 Å². The van der Waals surface area contributed by atoms with Crippen LogP contribution in [0.1, 0.15) is 51.4 Å². The molecule has 1 aromatic heterocycles. The van der Waals surface area contributed by atoms with Crippen LogP contribution in [0.4, 0.5) is 0 Å². The summed E-state index contributed by atoms with van der Waals surface area (Å²) in [6.07, 6.45) is 4.28. The molecule has 1 unspecified atom stereocenters. The molecule has 0 aliphatic carbocycles. The summed E-state index contributed by atoms with van der Waals surface area (Å²) in [4.78, 5) is 0. The highest BCUT2D eigenvalue weighted by Gasteiger charge is 2.21. The summed E-state index contributed by atoms with van der Waals surface area (Å²) in [6.45, 7) is 7.07. The van der Waals surface area contributed by atoms with Gasteiger partial charge in [-0.15, -0.1) is 0 Å². The average molecular weight is 248 g/mol. The smallest absolute Gasteiger partial charge is 0.104 e. The molecule has 0 aliphatic heterocycles. The lowest BCUT2D eigenvalue weighted by atomic mass is 9.93. The number of aryl methyl sites for hydroxylation is 3. The highest BCUT2D eigenvalue weighted by molar-refractivity contribution is 5.10. The van der Waals surface area contributed by atoms with Crippen LogP contribution in [0, 0.1) is 11.3 Å². The molecule has 0 aliphatic rings. The van der Waals surface area contributed by atoms with Gasteiger partial charge in [0, 0.05) is 12.2 Å². The molecule has 1 heterocycles. The lowest BCUT2D eigenvalue weighted by molar-refractivity contribution is 0.429. The van der Waals surface area contributed by atoms with Gasteiger partial charge in [-0.3, -0.25) is 4.68 Å². The normalized spacial score (nSPS) is 14.2. The molecule has 100 valence electrons. The zero-order chi connectivity index (χ0) is 13.6. The lowest BCUT2D eigenvalue weighted by Crippen LogP contribution is -2.37. The zero-order valence-electron chi connectivity index (χ0n) is 11.7. The maximum absolute atomic E-state index is 9.03. The Morgan fingerprint density at radius 3 is 2.61 bits per heavy atom. The molecule has 4 heteroatoms. The third kappa shape index (κ3) is 3.58. The van der Waals surface area contributed by atoms with Crippen LogP contribution in [0.25, 0.3) is 0 Å². The quantitative estimate of drug-likeness (QED) is 0.805. The van der Waals surface area contributed by atoms with Gasteiger partial charge in [0.05, 0.1) is 11.8 Å². The maximum atomic E-state index is 9.03. The maximum Gasteiger partial charge on any atom is 0.104 e. The topological polar surface area (TPSA) is 67.6 Å². The van der Waals surface area contributed by atoms with Crippen LogP contribution >= 0.6 is 0 Å². The van der Waals surface area contributed by atoms with Crippen LogP contribution in [0.5, 0.6) is 0 Å². The third-order valence-corrected chi connectivity index (χ3v) is 3.48. The fraction of sp³-hybridized carbons (Fsp3) is 0.714. The van der Waals surface area contributed by atoms with Gasteiger partial charge in [0.1, 0.15) is 5.54 Å². The molecule has 0 saturated carbocycles. The molecule has 0 radical (unpaired) electrons. The van der Waals surface area contributed by atoms with Gasteiger partial charge in [-0.2, -0.15) is 10.4 Å². The summed E-state index contributed by atoms with van der Waals surface area (Å²) in [7, 11) is 0. The van der Waals surface area contributed by atoms with E-state index in [1.807, 2.05) is 6.92 Å². The standard InChI is InChI=1S/C14H24N4/c1-4-12-10-13(5-2)18(17-12)9-7-8-14(16,6-3)11-15/h10H,4-9,16H2,1-3H3. The molecular formula is C14H24N4. The molecule has 0 aromatic carbocycles. The van der Waals surface area contributed by atoms with Gasteiger partial charge in [-0.1, -0.05) is 20.8 Å². The van der Waals surface area contributed by atoms with Crippen molar-refractivity contribution in [1.29, 1.82) is 5.26 Å². The van der Waals surface area contributed by atoms with E-state index in [1.165, 1.54) is 5.69 Å². The first-order valence-electron chi connectivity index (χ1n) is 6.84. The Bertz CT molecular complexity index is 416. The molecule has 2 N–H and O–H groups in total. The summed E-state index contributed by atoms with van der Waals surface area (Å²) < 4.78 is 2.06. The second-order valence-electron chi connectivity index (χ2n) is 4.78. The van der Waals surface area contributed by atoms with Crippen LogP contribution in [0.15, 0.2) is 6.07 Å². The first-order chi connectivity index (χ1) is 8.58. The van der Waals surface area contributed by atoms with Crippen molar-refractivity contribution >= 4 is 0 Å². The summed E-state index contributed by atoms with van der Waals surface area (Å²) in [6, 6.07) is 4.37. The van der Waals surface area contributed by atoms with E-state index >= 15 is 0 Å². The van der Waals surface area contributed by atoms with Crippen molar-refractivity contribution < 1.29 is 0 Å². The second-order valence-corrected chi connectivity index (χ2v) is 4.78. The van der Waals surface area contributed by atoms with Gasteiger partial charge in [0.15, 0.2) is 0 Å². The molecule has 1 atom stereocenters. The van der Waals surface area contributed by atoms with Crippen LogP contribution in [-0.2, 0) is 19.4 Å². The van der Waals surface area contributed by atoms with Crippen molar-refractivity contribution in [1.82, 2.24) is 9.78 Å². The lowest BCUT2D eigenvalue weighted by Gasteiger charge is -2.19. The molecule has 0 bridgehead atoms. The minimum Gasteiger partial charge on any atom is -0.313 e. The molecule has 4 nitrogen and oxygen atoms in total. The predicted octanol–water partition coefficient (Wildman–Crippen LogP) is 2.42. The van der Waals surface area contributed by atoms with E-state index < -0.39 is 5.54 Å². The molecule has 0 spiro atoms. The van der Waals surface area contributed by atoms with Crippen LogP contribution in [-0.4, -0.2) is 15.3 Å². The van der Waals surface area contributed by atoms with Crippen LogP contribution in [0.2, 0.25) is 0 Å². The highest BCUT2D eigenvalue weighted by atomic mass is 15.3. The largest absolute Gasteiger partial charge is 0.313 e. The molecule has 0 amide bonds. The van der Waals surface area contributed by atoms with Crippen molar-refractivity contribution in [3.8, 4) is 6.07 Å². The summed E-state index contributed by atoms with van der Waals surface area (Å²) in [5.74, 6) is 0. The monoisotopic (exact) mass is 248 g/mol. The Labute approximate surface area is 110 Å². The van der Waals surface area contributed by atoms with Crippen LogP contribution in [0.3, 0.4) is 0 Å². The number of hydrogen-bond acceptors (Lipinski definition) is 3. The van der Waals surface area contributed by atoms with Gasteiger partial charge in [-0.25, -0.2) is 0 Å². The van der Waals surface area contributed by atoms with Crippen molar-refractivity contribution in [2.45, 2.75) is 65.0 Å². The van der Waals surface area contributed by atoms with Gasteiger partial charge in [0.25, 0.3) is 0 Å². The molecule has 0 fully saturated rings. The van der Waals surface area contributed by atoms with E-state index in [4.69, 9.17) is 11.0 Å². The fourth-order valence-corrected chi connectivity index (χ4v) is 2.02. The van der Waals surface area contributed by atoms with Crippen molar-refractivity contribution in [2.24, 2.45) is 5.73 Å². The second kappa shape index (κ2) is 6.55. The third-order valence-electron chi connectivity index (χ3n) is 3.48. The van der Waals surface area contributed by atoms with E-state index in [0.717, 1.165) is 37.9 Å². The molecule has 1 rings (SSSR count). The summed E-state index contributed by atoms with van der Waals surface area (Å²) >= 11 is 0. The summed E-state index contributed by atoms with van der Waals surface area (Å²) in [5.41, 5.74) is 7.71. The first-order valence-corrected chi connectivity index (χ1v) is 6.84.